The minimum atomic E-state index is -0.128. The van der Waals surface area contributed by atoms with Crippen LogP contribution in [0.25, 0.3) is 0 Å². The van der Waals surface area contributed by atoms with E-state index in [1.165, 1.54) is 12.3 Å². The minimum absolute atomic E-state index is 0.128. The fourth-order valence-electron chi connectivity index (χ4n) is 0.519. The van der Waals surface area contributed by atoms with Gasteiger partial charge in [-0.05, 0) is 18.2 Å². The SMILES string of the molecule is N=C(NO)c1c[c]ccn1. The molecule has 0 atom stereocenters. The molecule has 10 heavy (non-hydrogen) atoms. The van der Waals surface area contributed by atoms with Gasteiger partial charge >= 0.3 is 0 Å². The van der Waals surface area contributed by atoms with Gasteiger partial charge in [-0.1, -0.05) is 0 Å². The zero-order valence-corrected chi connectivity index (χ0v) is 5.13. The Morgan fingerprint density at radius 1 is 1.80 bits per heavy atom. The number of aromatic nitrogens is 1. The quantitative estimate of drug-likeness (QED) is 0.293. The summed E-state index contributed by atoms with van der Waals surface area (Å²) in [6.45, 7) is 0. The molecule has 1 radical (unpaired) electrons. The summed E-state index contributed by atoms with van der Waals surface area (Å²) in [5.74, 6) is -0.128. The predicted molar refractivity (Wildman–Crippen MR) is 34.8 cm³/mol. The van der Waals surface area contributed by atoms with Gasteiger partial charge in [0.25, 0.3) is 0 Å². The van der Waals surface area contributed by atoms with Crippen LogP contribution >= 0.6 is 0 Å². The van der Waals surface area contributed by atoms with Crippen LogP contribution in [0.15, 0.2) is 18.3 Å². The van der Waals surface area contributed by atoms with Crippen molar-refractivity contribution < 1.29 is 5.21 Å². The van der Waals surface area contributed by atoms with Crippen LogP contribution in [0, 0.1) is 11.5 Å². The van der Waals surface area contributed by atoms with E-state index in [4.69, 9.17) is 10.6 Å². The molecule has 1 aromatic rings. The maximum Gasteiger partial charge on any atom is 0.168 e. The highest BCUT2D eigenvalue weighted by atomic mass is 16.5. The molecule has 1 heterocycles. The van der Waals surface area contributed by atoms with Crippen molar-refractivity contribution >= 4 is 5.84 Å². The topological polar surface area (TPSA) is 69.0 Å². The maximum atomic E-state index is 8.26. The van der Waals surface area contributed by atoms with Crippen molar-refractivity contribution in [2.24, 2.45) is 0 Å². The first-order chi connectivity index (χ1) is 4.84. The fourth-order valence-corrected chi connectivity index (χ4v) is 0.519. The molecular weight excluding hydrogens is 130 g/mol. The van der Waals surface area contributed by atoms with Crippen LogP contribution in [-0.4, -0.2) is 16.0 Å². The number of hydrogen-bond donors (Lipinski definition) is 3. The van der Waals surface area contributed by atoms with E-state index in [1.54, 1.807) is 11.5 Å². The molecule has 0 aromatic carbocycles. The van der Waals surface area contributed by atoms with E-state index in [0.717, 1.165) is 0 Å². The van der Waals surface area contributed by atoms with Gasteiger partial charge in [0.2, 0.25) is 0 Å². The largest absolute Gasteiger partial charge is 0.290 e. The first-order valence-corrected chi connectivity index (χ1v) is 2.65. The smallest absolute Gasteiger partial charge is 0.168 e. The van der Waals surface area contributed by atoms with Crippen LogP contribution < -0.4 is 5.48 Å². The van der Waals surface area contributed by atoms with Crippen molar-refractivity contribution in [3.05, 3.63) is 30.1 Å². The summed E-state index contributed by atoms with van der Waals surface area (Å²) in [6.07, 6.45) is 1.50. The van der Waals surface area contributed by atoms with Gasteiger partial charge in [0.15, 0.2) is 5.84 Å². The highest BCUT2D eigenvalue weighted by molar-refractivity contribution is 5.93. The van der Waals surface area contributed by atoms with E-state index in [0.29, 0.717) is 5.69 Å². The van der Waals surface area contributed by atoms with Gasteiger partial charge in [0, 0.05) is 6.20 Å². The lowest BCUT2D eigenvalue weighted by molar-refractivity contribution is 0.234. The van der Waals surface area contributed by atoms with Crippen LogP contribution in [0.2, 0.25) is 0 Å². The van der Waals surface area contributed by atoms with Crippen molar-refractivity contribution in [3.8, 4) is 0 Å². The Hall–Kier alpha value is -1.42. The number of rotatable bonds is 1. The van der Waals surface area contributed by atoms with Crippen LogP contribution in [-0.2, 0) is 0 Å². The lowest BCUT2D eigenvalue weighted by Crippen LogP contribution is -2.19. The van der Waals surface area contributed by atoms with Gasteiger partial charge in [0.05, 0.1) is 0 Å². The maximum absolute atomic E-state index is 8.26. The van der Waals surface area contributed by atoms with Crippen LogP contribution in [0.1, 0.15) is 5.69 Å². The average molecular weight is 136 g/mol. The monoisotopic (exact) mass is 136 g/mol. The molecule has 0 aliphatic heterocycles. The first-order valence-electron chi connectivity index (χ1n) is 2.65. The second kappa shape index (κ2) is 2.93. The van der Waals surface area contributed by atoms with Gasteiger partial charge in [-0.15, -0.1) is 0 Å². The van der Waals surface area contributed by atoms with Crippen molar-refractivity contribution in [2.75, 3.05) is 0 Å². The van der Waals surface area contributed by atoms with Crippen LogP contribution in [0.4, 0.5) is 0 Å². The van der Waals surface area contributed by atoms with Crippen molar-refractivity contribution in [1.82, 2.24) is 10.5 Å². The second-order valence-corrected chi connectivity index (χ2v) is 1.63. The summed E-state index contributed by atoms with van der Waals surface area (Å²) in [6, 6.07) is 5.85. The average Bonchev–Trinajstić information content (AvgIpc) is 2.05. The third-order valence-corrected chi connectivity index (χ3v) is 0.972. The molecular formula is C6H6N3O. The van der Waals surface area contributed by atoms with Gasteiger partial charge < -0.3 is 0 Å². The van der Waals surface area contributed by atoms with Crippen molar-refractivity contribution in [2.45, 2.75) is 0 Å². The third-order valence-electron chi connectivity index (χ3n) is 0.972. The fraction of sp³-hybridized carbons (Fsp3) is 0. The Balaban J connectivity index is 2.85. The molecule has 0 bridgehead atoms. The highest BCUT2D eigenvalue weighted by Gasteiger charge is 1.96. The van der Waals surface area contributed by atoms with Crippen molar-refractivity contribution in [1.29, 1.82) is 5.41 Å². The number of hydroxylamine groups is 1. The molecule has 0 saturated heterocycles. The summed E-state index contributed by atoms with van der Waals surface area (Å²) in [4.78, 5) is 3.77. The lowest BCUT2D eigenvalue weighted by Gasteiger charge is -1.97. The zero-order valence-electron chi connectivity index (χ0n) is 5.13. The first kappa shape index (κ1) is 6.70. The van der Waals surface area contributed by atoms with Crippen LogP contribution in [0.5, 0.6) is 0 Å². The minimum Gasteiger partial charge on any atom is -0.290 e. The van der Waals surface area contributed by atoms with Gasteiger partial charge in [-0.25, -0.2) is 0 Å². The van der Waals surface area contributed by atoms with Gasteiger partial charge in [-0.2, -0.15) is 0 Å². The van der Waals surface area contributed by atoms with E-state index in [2.05, 4.69) is 11.1 Å². The highest BCUT2D eigenvalue weighted by Crippen LogP contribution is 1.89. The number of amidine groups is 1. The normalized spacial score (nSPS) is 8.90. The Kier molecular flexibility index (Phi) is 1.96. The summed E-state index contributed by atoms with van der Waals surface area (Å²) < 4.78 is 0. The number of nitrogens with one attached hydrogen (secondary N) is 2. The summed E-state index contributed by atoms with van der Waals surface area (Å²) >= 11 is 0. The van der Waals surface area contributed by atoms with Gasteiger partial charge in [0.1, 0.15) is 5.69 Å². The second-order valence-electron chi connectivity index (χ2n) is 1.63. The van der Waals surface area contributed by atoms with E-state index < -0.39 is 0 Å². The molecule has 4 nitrogen and oxygen atoms in total. The molecule has 0 aliphatic rings. The molecule has 0 amide bonds. The van der Waals surface area contributed by atoms with E-state index in [1.807, 2.05) is 0 Å². The Bertz CT molecular complexity index is 222. The van der Waals surface area contributed by atoms with Gasteiger partial charge in [-0.3, -0.25) is 21.1 Å². The zero-order chi connectivity index (χ0) is 7.40. The molecule has 0 saturated carbocycles. The number of pyridine rings is 1. The van der Waals surface area contributed by atoms with E-state index >= 15 is 0 Å². The summed E-state index contributed by atoms with van der Waals surface area (Å²) in [5, 5.41) is 15.3. The molecule has 0 aliphatic carbocycles. The predicted octanol–water partition coefficient (Wildman–Crippen LogP) is 0.186. The van der Waals surface area contributed by atoms with E-state index in [-0.39, 0.29) is 5.84 Å². The summed E-state index contributed by atoms with van der Waals surface area (Å²) in [7, 11) is 0. The Morgan fingerprint density at radius 3 is 3.10 bits per heavy atom. The van der Waals surface area contributed by atoms with E-state index in [9.17, 15) is 0 Å². The standard InChI is InChI=1S/C6H6N3O/c7-6(9-10)5-3-1-2-4-8-5/h2-4,10H,(H2,7,9). The molecule has 4 heteroatoms. The number of nitrogens with zero attached hydrogens (tertiary/aromatic N) is 1. The van der Waals surface area contributed by atoms with Crippen molar-refractivity contribution in [3.63, 3.8) is 0 Å². The molecule has 0 unspecified atom stereocenters. The molecule has 1 aromatic heterocycles. The molecule has 3 N–H and O–H groups in total. The number of hydrogen-bond acceptors (Lipinski definition) is 3. The molecule has 1 rings (SSSR count). The third kappa shape index (κ3) is 1.29. The Labute approximate surface area is 58.0 Å². The van der Waals surface area contributed by atoms with Crippen LogP contribution in [0.3, 0.4) is 0 Å². The summed E-state index contributed by atoms with van der Waals surface area (Å²) in [5.41, 5.74) is 2.05. The molecule has 51 valence electrons. The Morgan fingerprint density at radius 2 is 2.60 bits per heavy atom. The molecule has 0 fully saturated rings. The lowest BCUT2D eigenvalue weighted by atomic mass is 10.3. The molecule has 0 spiro atoms.